The van der Waals surface area contributed by atoms with E-state index in [1.807, 2.05) is 45.0 Å². The third kappa shape index (κ3) is 5.80. The summed E-state index contributed by atoms with van der Waals surface area (Å²) in [4.78, 5) is 9.10. The van der Waals surface area contributed by atoms with E-state index in [9.17, 15) is 5.11 Å². The minimum absolute atomic E-state index is 0.0262. The second kappa shape index (κ2) is 9.89. The van der Waals surface area contributed by atoms with Crippen LogP contribution in [0.5, 0.6) is 5.75 Å². The number of pyridine rings is 1. The number of benzene rings is 1. The first-order valence-corrected chi connectivity index (χ1v) is 10.4. The minimum Gasteiger partial charge on any atom is -0.490 e. The van der Waals surface area contributed by atoms with E-state index in [4.69, 9.17) is 14.4 Å². The van der Waals surface area contributed by atoms with Gasteiger partial charge in [0.1, 0.15) is 24.3 Å². The Bertz CT molecular complexity index is 1010. The summed E-state index contributed by atoms with van der Waals surface area (Å²) < 4.78 is 11.2. The van der Waals surface area contributed by atoms with E-state index in [1.165, 1.54) is 0 Å². The van der Waals surface area contributed by atoms with Crippen molar-refractivity contribution >= 4 is 5.82 Å². The molecule has 0 unspecified atom stereocenters. The number of nitrogens with one attached hydrogen (secondary N) is 1. The van der Waals surface area contributed by atoms with Crippen molar-refractivity contribution in [2.45, 2.75) is 40.7 Å². The summed E-state index contributed by atoms with van der Waals surface area (Å²) in [7, 11) is 0. The number of aromatic nitrogens is 3. The van der Waals surface area contributed by atoms with Gasteiger partial charge in [-0.05, 0) is 62.1 Å². The first-order valence-electron chi connectivity index (χ1n) is 10.4. The number of aryl methyl sites for hydroxylation is 3. The summed E-state index contributed by atoms with van der Waals surface area (Å²) in [5, 5.41) is 26.0. The molecule has 2 aromatic heterocycles. The molecule has 0 saturated heterocycles. The molecule has 0 amide bonds. The van der Waals surface area contributed by atoms with Gasteiger partial charge in [0, 0.05) is 23.4 Å². The number of rotatable bonds is 9. The van der Waals surface area contributed by atoms with Crippen molar-refractivity contribution in [1.29, 1.82) is 0 Å². The van der Waals surface area contributed by atoms with Crippen molar-refractivity contribution in [3.63, 3.8) is 0 Å². The molecule has 0 radical (unpaired) electrons. The van der Waals surface area contributed by atoms with E-state index in [1.54, 1.807) is 0 Å². The Kier molecular flexibility index (Phi) is 7.25. The average Bonchev–Trinajstić information content (AvgIpc) is 3.21. The predicted octanol–water partition coefficient (Wildman–Crippen LogP) is 3.52. The summed E-state index contributed by atoms with van der Waals surface area (Å²) in [6.07, 6.45) is -0.915. The molecule has 166 valence electrons. The van der Waals surface area contributed by atoms with Crippen molar-refractivity contribution in [1.82, 2.24) is 15.1 Å². The van der Waals surface area contributed by atoms with Crippen molar-refractivity contribution in [2.24, 2.45) is 5.92 Å². The third-order valence-corrected chi connectivity index (χ3v) is 4.67. The van der Waals surface area contributed by atoms with Gasteiger partial charge in [-0.1, -0.05) is 19.0 Å². The summed E-state index contributed by atoms with van der Waals surface area (Å²) in [5.41, 5.74) is 4.24. The molecule has 31 heavy (non-hydrogen) atoms. The molecule has 0 bridgehead atoms. The Morgan fingerprint density at radius 3 is 2.39 bits per heavy atom. The van der Waals surface area contributed by atoms with Crippen LogP contribution in [0.15, 0.2) is 28.8 Å². The number of nitrogens with zero attached hydrogens (tertiary/aromatic N) is 3. The van der Waals surface area contributed by atoms with Gasteiger partial charge >= 0.3 is 0 Å². The van der Waals surface area contributed by atoms with Gasteiger partial charge in [0.25, 0.3) is 5.89 Å². The number of aliphatic hydroxyl groups is 2. The van der Waals surface area contributed by atoms with E-state index in [0.29, 0.717) is 23.4 Å². The highest BCUT2D eigenvalue weighted by molar-refractivity contribution is 5.65. The molecule has 0 aliphatic rings. The second-order valence-corrected chi connectivity index (χ2v) is 8.17. The van der Waals surface area contributed by atoms with E-state index in [0.717, 1.165) is 40.3 Å². The van der Waals surface area contributed by atoms with Crippen LogP contribution in [-0.4, -0.2) is 51.2 Å². The summed E-state index contributed by atoms with van der Waals surface area (Å²) in [5.74, 6) is 2.86. The lowest BCUT2D eigenvalue weighted by molar-refractivity contribution is 0.0532. The molecule has 0 aliphatic carbocycles. The molecule has 0 spiro atoms. The smallest absolute Gasteiger partial charge is 0.258 e. The van der Waals surface area contributed by atoms with Crippen LogP contribution < -0.4 is 10.1 Å². The van der Waals surface area contributed by atoms with Crippen LogP contribution in [0.2, 0.25) is 0 Å². The molecule has 3 rings (SSSR count). The van der Waals surface area contributed by atoms with Gasteiger partial charge in [-0.3, -0.25) is 0 Å². The van der Waals surface area contributed by atoms with Gasteiger partial charge in [-0.2, -0.15) is 4.98 Å². The van der Waals surface area contributed by atoms with Crippen molar-refractivity contribution in [2.75, 3.05) is 25.1 Å². The Morgan fingerprint density at radius 2 is 1.74 bits per heavy atom. The van der Waals surface area contributed by atoms with Gasteiger partial charge in [-0.15, -0.1) is 0 Å². The maximum atomic E-state index is 9.53. The Hall–Kier alpha value is -2.97. The van der Waals surface area contributed by atoms with Crippen LogP contribution in [0.4, 0.5) is 5.82 Å². The van der Waals surface area contributed by atoms with Gasteiger partial charge in [0.05, 0.1) is 6.61 Å². The lowest BCUT2D eigenvalue weighted by atomic mass is 10.1. The fraction of sp³-hybridized carbons (Fsp3) is 0.435. The van der Waals surface area contributed by atoms with Crippen molar-refractivity contribution in [3.8, 4) is 28.6 Å². The standard InChI is InChI=1S/C23H30N4O4/c1-13(2)10-24-20-9-18(8-16(5)25-20)23-26-22(27-31-23)17-6-14(3)21(15(4)7-17)30-12-19(29)11-28/h6-9,13,19,28-29H,10-12H2,1-5H3,(H,24,25)/t19-/m0/s1. The average molecular weight is 427 g/mol. The second-order valence-electron chi connectivity index (χ2n) is 8.17. The van der Waals surface area contributed by atoms with Crippen LogP contribution in [0, 0.1) is 26.7 Å². The molecule has 1 aromatic carbocycles. The van der Waals surface area contributed by atoms with Crippen molar-refractivity contribution < 1.29 is 19.5 Å². The molecule has 3 N–H and O–H groups in total. The predicted molar refractivity (Wildman–Crippen MR) is 119 cm³/mol. The Morgan fingerprint density at radius 1 is 1.03 bits per heavy atom. The van der Waals surface area contributed by atoms with Gasteiger partial charge < -0.3 is 24.8 Å². The van der Waals surface area contributed by atoms with Crippen molar-refractivity contribution in [3.05, 3.63) is 41.1 Å². The zero-order chi connectivity index (χ0) is 22.5. The molecule has 1 atom stereocenters. The van der Waals surface area contributed by atoms with Crippen LogP contribution in [0.3, 0.4) is 0 Å². The fourth-order valence-electron chi connectivity index (χ4n) is 3.19. The van der Waals surface area contributed by atoms with Gasteiger partial charge in [0.2, 0.25) is 5.82 Å². The highest BCUT2D eigenvalue weighted by Gasteiger charge is 2.16. The van der Waals surface area contributed by atoms with E-state index < -0.39 is 6.10 Å². The molecular formula is C23H30N4O4. The summed E-state index contributed by atoms with van der Waals surface area (Å²) >= 11 is 0. The van der Waals surface area contributed by atoms with E-state index in [-0.39, 0.29) is 13.2 Å². The number of hydrogen-bond donors (Lipinski definition) is 3. The molecule has 0 aliphatic heterocycles. The first-order chi connectivity index (χ1) is 14.8. The quantitative estimate of drug-likeness (QED) is 0.476. The normalized spacial score (nSPS) is 12.3. The maximum Gasteiger partial charge on any atom is 0.258 e. The van der Waals surface area contributed by atoms with Crippen LogP contribution in [0.25, 0.3) is 22.8 Å². The zero-order valence-corrected chi connectivity index (χ0v) is 18.6. The zero-order valence-electron chi connectivity index (χ0n) is 18.6. The highest BCUT2D eigenvalue weighted by atomic mass is 16.5. The number of hydrogen-bond acceptors (Lipinski definition) is 8. The molecule has 0 saturated carbocycles. The largest absolute Gasteiger partial charge is 0.490 e. The third-order valence-electron chi connectivity index (χ3n) is 4.67. The summed E-state index contributed by atoms with van der Waals surface area (Å²) in [6, 6.07) is 7.65. The lowest BCUT2D eigenvalue weighted by Gasteiger charge is -2.15. The Labute approximate surface area is 182 Å². The highest BCUT2D eigenvalue weighted by Crippen LogP contribution is 2.30. The monoisotopic (exact) mass is 426 g/mol. The first kappa shape index (κ1) is 22.7. The fourth-order valence-corrected chi connectivity index (χ4v) is 3.19. The minimum atomic E-state index is -0.915. The topological polar surface area (TPSA) is 114 Å². The molecule has 2 heterocycles. The molecule has 0 fully saturated rings. The maximum absolute atomic E-state index is 9.53. The van der Waals surface area contributed by atoms with Crippen LogP contribution >= 0.6 is 0 Å². The Balaban J connectivity index is 1.84. The van der Waals surface area contributed by atoms with E-state index >= 15 is 0 Å². The SMILES string of the molecule is Cc1cc(-c2nc(-c3cc(C)c(OC[C@@H](O)CO)c(C)c3)no2)cc(NCC(C)C)n1. The molecule has 8 heteroatoms. The van der Waals surface area contributed by atoms with Crippen LogP contribution in [-0.2, 0) is 0 Å². The van der Waals surface area contributed by atoms with Crippen LogP contribution in [0.1, 0.15) is 30.7 Å². The molecule has 8 nitrogen and oxygen atoms in total. The number of anilines is 1. The van der Waals surface area contributed by atoms with Gasteiger partial charge in [-0.25, -0.2) is 4.98 Å². The summed E-state index contributed by atoms with van der Waals surface area (Å²) in [6.45, 7) is 10.6. The molecular weight excluding hydrogens is 396 g/mol. The number of ether oxygens (including phenoxy) is 1. The molecule has 3 aromatic rings. The van der Waals surface area contributed by atoms with Gasteiger partial charge in [0.15, 0.2) is 0 Å². The van der Waals surface area contributed by atoms with E-state index in [2.05, 4.69) is 34.3 Å². The number of aliphatic hydroxyl groups excluding tert-OH is 2. The lowest BCUT2D eigenvalue weighted by Crippen LogP contribution is -2.21.